The van der Waals surface area contributed by atoms with E-state index in [1.807, 2.05) is 18.2 Å². The lowest BCUT2D eigenvalue weighted by Crippen LogP contribution is -1.94. The van der Waals surface area contributed by atoms with Crippen LogP contribution in [0.4, 0.5) is 15.2 Å². The largest absolute Gasteiger partial charge is 0.331 e. The number of pyridine rings is 1. The summed E-state index contributed by atoms with van der Waals surface area (Å²) in [4.78, 5) is 12.6. The Morgan fingerprint density at radius 3 is 2.71 bits per heavy atom. The fourth-order valence-corrected chi connectivity index (χ4v) is 3.15. The van der Waals surface area contributed by atoms with Crippen molar-refractivity contribution in [2.75, 3.05) is 5.32 Å². The van der Waals surface area contributed by atoms with E-state index < -0.39 is 0 Å². The molecule has 0 saturated heterocycles. The number of anilines is 2. The zero-order valence-corrected chi connectivity index (χ0v) is 13.1. The van der Waals surface area contributed by atoms with E-state index >= 15 is 0 Å². The van der Waals surface area contributed by atoms with Crippen molar-refractivity contribution in [2.45, 2.75) is 0 Å². The third kappa shape index (κ3) is 2.86. The van der Waals surface area contributed by atoms with E-state index in [0.717, 1.165) is 10.7 Å². The zero-order chi connectivity index (χ0) is 16.4. The first-order valence-corrected chi connectivity index (χ1v) is 7.90. The van der Waals surface area contributed by atoms with Crippen LogP contribution in [-0.4, -0.2) is 24.7 Å². The van der Waals surface area contributed by atoms with Crippen LogP contribution < -0.4 is 5.32 Å². The molecule has 0 bridgehead atoms. The predicted octanol–water partition coefficient (Wildman–Crippen LogP) is 3.67. The van der Waals surface area contributed by atoms with Gasteiger partial charge in [0.05, 0.1) is 0 Å². The van der Waals surface area contributed by atoms with Gasteiger partial charge in [-0.3, -0.25) is 4.98 Å². The Morgan fingerprint density at radius 2 is 1.96 bits per heavy atom. The second-order valence-electron chi connectivity index (χ2n) is 4.88. The number of hydrogen-bond acceptors (Lipinski definition) is 6. The molecule has 24 heavy (non-hydrogen) atoms. The molecule has 3 aromatic heterocycles. The SMILES string of the molecule is Fc1cccc(-c2nc(Nc3ccncc3)sc2-n2cncn2)c1. The van der Waals surface area contributed by atoms with Crippen LogP contribution in [0.3, 0.4) is 0 Å². The van der Waals surface area contributed by atoms with E-state index in [1.165, 1.54) is 29.8 Å². The number of thiazole rings is 1. The number of rotatable bonds is 4. The Hall–Kier alpha value is -3.13. The summed E-state index contributed by atoms with van der Waals surface area (Å²) < 4.78 is 15.2. The molecule has 0 fully saturated rings. The van der Waals surface area contributed by atoms with Crippen LogP contribution in [-0.2, 0) is 0 Å². The highest BCUT2D eigenvalue weighted by Gasteiger charge is 2.16. The molecule has 0 unspecified atom stereocenters. The smallest absolute Gasteiger partial charge is 0.189 e. The number of benzene rings is 1. The molecular formula is C16H11FN6S. The third-order valence-electron chi connectivity index (χ3n) is 3.27. The number of halogens is 1. The third-order valence-corrected chi connectivity index (χ3v) is 4.23. The van der Waals surface area contributed by atoms with Crippen molar-refractivity contribution in [3.05, 3.63) is 67.3 Å². The second-order valence-corrected chi connectivity index (χ2v) is 5.86. The molecular weight excluding hydrogens is 327 g/mol. The van der Waals surface area contributed by atoms with Gasteiger partial charge in [-0.1, -0.05) is 23.5 Å². The minimum Gasteiger partial charge on any atom is -0.331 e. The Balaban J connectivity index is 1.79. The van der Waals surface area contributed by atoms with Gasteiger partial charge in [0.25, 0.3) is 0 Å². The maximum absolute atomic E-state index is 13.6. The van der Waals surface area contributed by atoms with E-state index in [0.29, 0.717) is 16.4 Å². The molecule has 1 N–H and O–H groups in total. The molecule has 0 radical (unpaired) electrons. The minimum absolute atomic E-state index is 0.311. The van der Waals surface area contributed by atoms with Crippen LogP contribution in [0, 0.1) is 5.82 Å². The molecule has 118 valence electrons. The van der Waals surface area contributed by atoms with Crippen LogP contribution in [0.15, 0.2) is 61.4 Å². The van der Waals surface area contributed by atoms with Crippen LogP contribution in [0.25, 0.3) is 16.3 Å². The first-order chi connectivity index (χ1) is 11.8. The molecule has 4 rings (SSSR count). The zero-order valence-electron chi connectivity index (χ0n) is 12.3. The average molecular weight is 338 g/mol. The number of aromatic nitrogens is 5. The van der Waals surface area contributed by atoms with Crippen molar-refractivity contribution in [2.24, 2.45) is 0 Å². The highest BCUT2D eigenvalue weighted by Crippen LogP contribution is 2.35. The number of hydrogen-bond donors (Lipinski definition) is 1. The first kappa shape index (κ1) is 14.5. The Morgan fingerprint density at radius 1 is 1.08 bits per heavy atom. The van der Waals surface area contributed by atoms with Crippen molar-refractivity contribution < 1.29 is 4.39 Å². The molecule has 6 nitrogen and oxygen atoms in total. The van der Waals surface area contributed by atoms with Gasteiger partial charge in [0.1, 0.15) is 29.2 Å². The fraction of sp³-hybridized carbons (Fsp3) is 0. The number of nitrogens with zero attached hydrogens (tertiary/aromatic N) is 5. The maximum atomic E-state index is 13.6. The molecule has 8 heteroatoms. The van der Waals surface area contributed by atoms with Gasteiger partial charge >= 0.3 is 0 Å². The van der Waals surface area contributed by atoms with Crippen LogP contribution in [0.2, 0.25) is 0 Å². The summed E-state index contributed by atoms with van der Waals surface area (Å²) >= 11 is 1.41. The summed E-state index contributed by atoms with van der Waals surface area (Å²) in [5.41, 5.74) is 2.19. The summed E-state index contributed by atoms with van der Waals surface area (Å²) in [6, 6.07) is 10.0. The van der Waals surface area contributed by atoms with Gasteiger partial charge in [-0.25, -0.2) is 19.0 Å². The predicted molar refractivity (Wildman–Crippen MR) is 89.9 cm³/mol. The average Bonchev–Trinajstić information content (AvgIpc) is 3.25. The lowest BCUT2D eigenvalue weighted by Gasteiger charge is -2.01. The Kier molecular flexibility index (Phi) is 3.72. The quantitative estimate of drug-likeness (QED) is 0.615. The minimum atomic E-state index is -0.311. The standard InChI is InChI=1S/C16H11FN6S/c17-12-3-1-2-11(8-12)14-15(23-10-19-9-20-23)24-16(22-14)21-13-4-6-18-7-5-13/h1-10H,(H,18,21,22). The van der Waals surface area contributed by atoms with E-state index in [1.54, 1.807) is 29.5 Å². The summed E-state index contributed by atoms with van der Waals surface area (Å²) in [7, 11) is 0. The molecule has 0 amide bonds. The fourth-order valence-electron chi connectivity index (χ4n) is 2.22. The highest BCUT2D eigenvalue weighted by atomic mass is 32.1. The van der Waals surface area contributed by atoms with E-state index in [4.69, 9.17) is 0 Å². The van der Waals surface area contributed by atoms with Crippen molar-refractivity contribution in [3.63, 3.8) is 0 Å². The molecule has 0 aliphatic heterocycles. The van der Waals surface area contributed by atoms with Gasteiger partial charge in [0, 0.05) is 23.6 Å². The topological polar surface area (TPSA) is 68.5 Å². The summed E-state index contributed by atoms with van der Waals surface area (Å²) in [5, 5.41) is 8.81. The van der Waals surface area contributed by atoms with E-state index in [-0.39, 0.29) is 5.82 Å². The van der Waals surface area contributed by atoms with Gasteiger partial charge in [-0.2, -0.15) is 5.10 Å². The Labute approximate surface area is 140 Å². The summed E-state index contributed by atoms with van der Waals surface area (Å²) in [5.74, 6) is -0.311. The second kappa shape index (κ2) is 6.17. The molecule has 0 aliphatic rings. The molecule has 0 atom stereocenters. The first-order valence-electron chi connectivity index (χ1n) is 7.08. The summed E-state index contributed by atoms with van der Waals surface area (Å²) in [6.07, 6.45) is 6.43. The van der Waals surface area contributed by atoms with Crippen LogP contribution in [0.1, 0.15) is 0 Å². The molecule has 4 aromatic rings. The van der Waals surface area contributed by atoms with E-state index in [9.17, 15) is 4.39 Å². The molecule has 1 aromatic carbocycles. The maximum Gasteiger partial charge on any atom is 0.189 e. The van der Waals surface area contributed by atoms with Crippen molar-refractivity contribution >= 4 is 22.2 Å². The van der Waals surface area contributed by atoms with Gasteiger partial charge in [0.15, 0.2) is 5.13 Å². The molecule has 0 aliphatic carbocycles. The van der Waals surface area contributed by atoms with Gasteiger partial charge in [-0.05, 0) is 24.3 Å². The lowest BCUT2D eigenvalue weighted by atomic mass is 10.1. The van der Waals surface area contributed by atoms with Crippen LogP contribution >= 0.6 is 11.3 Å². The number of nitrogens with one attached hydrogen (secondary N) is 1. The van der Waals surface area contributed by atoms with Gasteiger partial charge < -0.3 is 5.32 Å². The van der Waals surface area contributed by atoms with Gasteiger partial charge in [-0.15, -0.1) is 0 Å². The van der Waals surface area contributed by atoms with E-state index in [2.05, 4.69) is 25.4 Å². The monoisotopic (exact) mass is 338 g/mol. The lowest BCUT2D eigenvalue weighted by molar-refractivity contribution is 0.628. The van der Waals surface area contributed by atoms with Gasteiger partial charge in [0.2, 0.25) is 0 Å². The van der Waals surface area contributed by atoms with Crippen molar-refractivity contribution in [1.29, 1.82) is 0 Å². The molecule has 0 saturated carbocycles. The normalized spacial score (nSPS) is 10.7. The Bertz CT molecular complexity index is 952. The van der Waals surface area contributed by atoms with Crippen LogP contribution in [0.5, 0.6) is 0 Å². The summed E-state index contributed by atoms with van der Waals surface area (Å²) in [6.45, 7) is 0. The molecule has 0 spiro atoms. The van der Waals surface area contributed by atoms with Crippen molar-refractivity contribution in [3.8, 4) is 16.3 Å². The molecule has 3 heterocycles. The highest BCUT2D eigenvalue weighted by molar-refractivity contribution is 7.18. The van der Waals surface area contributed by atoms with Crippen molar-refractivity contribution in [1.82, 2.24) is 24.7 Å².